The fraction of sp³-hybridized carbons (Fsp3) is 0.500. The molecule has 0 saturated heterocycles. The minimum absolute atomic E-state index is 0.0956. The van der Waals surface area contributed by atoms with Crippen LogP contribution in [0, 0.1) is 5.82 Å². The number of hydrogen-bond donors (Lipinski definition) is 3. The first-order chi connectivity index (χ1) is 8.86. The third-order valence-electron chi connectivity index (χ3n) is 3.33. The van der Waals surface area contributed by atoms with Crippen molar-refractivity contribution >= 4 is 15.7 Å². The highest BCUT2D eigenvalue weighted by Gasteiger charge is 2.20. The zero-order chi connectivity index (χ0) is 14.0. The quantitative estimate of drug-likeness (QED) is 0.779. The summed E-state index contributed by atoms with van der Waals surface area (Å²) in [4.78, 5) is -0.241. The Hall–Kier alpha value is -1.18. The van der Waals surface area contributed by atoms with Crippen LogP contribution in [0.4, 0.5) is 10.1 Å². The molecule has 7 heteroatoms. The molecule has 0 heterocycles. The minimum atomic E-state index is -3.88. The highest BCUT2D eigenvalue weighted by molar-refractivity contribution is 7.89. The third kappa shape index (κ3) is 3.65. The summed E-state index contributed by atoms with van der Waals surface area (Å²) in [6.45, 7) is 0. The lowest BCUT2D eigenvalue weighted by molar-refractivity contribution is 0.126. The Morgan fingerprint density at radius 1 is 1.26 bits per heavy atom. The van der Waals surface area contributed by atoms with Crippen LogP contribution in [0.15, 0.2) is 23.1 Å². The normalized spacial score (nSPS) is 24.2. The lowest BCUT2D eigenvalue weighted by atomic mass is 9.93. The maximum Gasteiger partial charge on any atom is 0.238 e. The third-order valence-corrected chi connectivity index (χ3v) is 4.24. The van der Waals surface area contributed by atoms with Crippen molar-refractivity contribution in [2.24, 2.45) is 5.14 Å². The van der Waals surface area contributed by atoms with Gasteiger partial charge in [0.1, 0.15) is 5.82 Å². The number of nitrogens with two attached hydrogens (primary N) is 1. The molecule has 4 N–H and O–H groups in total. The molecule has 0 unspecified atom stereocenters. The van der Waals surface area contributed by atoms with E-state index in [0.717, 1.165) is 18.9 Å². The molecule has 0 spiro atoms. The van der Waals surface area contributed by atoms with Gasteiger partial charge in [-0.3, -0.25) is 0 Å². The Balaban J connectivity index is 2.09. The number of sulfonamides is 1. The van der Waals surface area contributed by atoms with Gasteiger partial charge in [-0.15, -0.1) is 0 Å². The van der Waals surface area contributed by atoms with E-state index >= 15 is 0 Å². The molecule has 1 aromatic rings. The second kappa shape index (κ2) is 5.44. The van der Waals surface area contributed by atoms with Crippen LogP contribution in [-0.2, 0) is 10.0 Å². The van der Waals surface area contributed by atoms with Gasteiger partial charge in [0.05, 0.1) is 16.7 Å². The number of primary sulfonamides is 1. The molecular weight excluding hydrogens is 271 g/mol. The van der Waals surface area contributed by atoms with E-state index in [1.807, 2.05) is 0 Å². The summed E-state index contributed by atoms with van der Waals surface area (Å²) >= 11 is 0. The van der Waals surface area contributed by atoms with E-state index in [9.17, 15) is 17.9 Å². The molecule has 0 atom stereocenters. The first kappa shape index (κ1) is 14.2. The summed E-state index contributed by atoms with van der Waals surface area (Å²) in [5.41, 5.74) is 0.258. The number of anilines is 1. The number of hydrogen-bond acceptors (Lipinski definition) is 4. The predicted octanol–water partition coefficient (Wildman–Crippen LogP) is 1.19. The summed E-state index contributed by atoms with van der Waals surface area (Å²) in [7, 11) is -3.88. The van der Waals surface area contributed by atoms with Gasteiger partial charge in [0.2, 0.25) is 10.0 Å². The van der Waals surface area contributed by atoms with Crippen LogP contribution in [0.5, 0.6) is 0 Å². The first-order valence-electron chi connectivity index (χ1n) is 6.13. The summed E-state index contributed by atoms with van der Waals surface area (Å²) in [5, 5.41) is 17.4. The van der Waals surface area contributed by atoms with Gasteiger partial charge in [0, 0.05) is 6.04 Å². The Morgan fingerprint density at radius 2 is 1.89 bits per heavy atom. The lowest BCUT2D eigenvalue weighted by Gasteiger charge is -2.27. The van der Waals surface area contributed by atoms with E-state index in [-0.39, 0.29) is 22.7 Å². The maximum atomic E-state index is 13.8. The molecule has 2 rings (SSSR count). The molecule has 0 aliphatic heterocycles. The second-order valence-corrected chi connectivity index (χ2v) is 6.40. The van der Waals surface area contributed by atoms with Crippen molar-refractivity contribution < 1.29 is 17.9 Å². The summed E-state index contributed by atoms with van der Waals surface area (Å²) in [6.07, 6.45) is 2.63. The zero-order valence-electron chi connectivity index (χ0n) is 10.3. The van der Waals surface area contributed by atoms with E-state index in [1.165, 1.54) is 12.1 Å². The van der Waals surface area contributed by atoms with Crippen molar-refractivity contribution in [1.29, 1.82) is 0 Å². The van der Waals surface area contributed by atoms with E-state index in [1.54, 1.807) is 0 Å². The van der Waals surface area contributed by atoms with Gasteiger partial charge in [-0.2, -0.15) is 0 Å². The zero-order valence-corrected chi connectivity index (χ0v) is 11.2. The highest BCUT2D eigenvalue weighted by atomic mass is 32.2. The number of aliphatic hydroxyl groups is 1. The molecule has 1 aromatic carbocycles. The number of nitrogens with one attached hydrogen (secondary N) is 1. The molecule has 1 fully saturated rings. The van der Waals surface area contributed by atoms with Crippen LogP contribution in [0.25, 0.3) is 0 Å². The largest absolute Gasteiger partial charge is 0.393 e. The standard InChI is InChI=1S/C12H17FN2O3S/c13-11-7-10(19(14,17)18)5-6-12(11)15-8-1-3-9(16)4-2-8/h5-9,15-16H,1-4H2,(H2,14,17,18). The summed E-state index contributed by atoms with van der Waals surface area (Å²) in [5.74, 6) is -0.641. The first-order valence-corrected chi connectivity index (χ1v) is 7.68. The molecule has 1 aliphatic rings. The van der Waals surface area contributed by atoms with Crippen molar-refractivity contribution in [1.82, 2.24) is 0 Å². The summed E-state index contributed by atoms with van der Waals surface area (Å²) in [6, 6.07) is 3.66. The highest BCUT2D eigenvalue weighted by Crippen LogP contribution is 2.24. The smallest absolute Gasteiger partial charge is 0.238 e. The van der Waals surface area contributed by atoms with Crippen LogP contribution >= 0.6 is 0 Å². The average Bonchev–Trinajstić information content (AvgIpc) is 2.33. The van der Waals surface area contributed by atoms with Gasteiger partial charge >= 0.3 is 0 Å². The molecule has 0 amide bonds. The monoisotopic (exact) mass is 288 g/mol. The SMILES string of the molecule is NS(=O)(=O)c1ccc(NC2CCC(O)CC2)c(F)c1. The van der Waals surface area contributed by atoms with Gasteiger partial charge in [-0.05, 0) is 43.9 Å². The van der Waals surface area contributed by atoms with Gasteiger partial charge < -0.3 is 10.4 Å². The van der Waals surface area contributed by atoms with Crippen molar-refractivity contribution in [2.75, 3.05) is 5.32 Å². The fourth-order valence-corrected chi connectivity index (χ4v) is 2.76. The lowest BCUT2D eigenvalue weighted by Crippen LogP contribution is -2.28. The fourth-order valence-electron chi connectivity index (χ4n) is 2.23. The topological polar surface area (TPSA) is 92.4 Å². The van der Waals surface area contributed by atoms with Crippen molar-refractivity contribution in [3.8, 4) is 0 Å². The summed E-state index contributed by atoms with van der Waals surface area (Å²) < 4.78 is 36.0. The van der Waals surface area contributed by atoms with Crippen molar-refractivity contribution in [2.45, 2.75) is 42.7 Å². The van der Waals surface area contributed by atoms with E-state index < -0.39 is 15.8 Å². The predicted molar refractivity (Wildman–Crippen MR) is 69.7 cm³/mol. The van der Waals surface area contributed by atoms with Gasteiger partial charge in [-0.25, -0.2) is 17.9 Å². The number of aliphatic hydroxyl groups excluding tert-OH is 1. The van der Waals surface area contributed by atoms with Gasteiger partial charge in [-0.1, -0.05) is 0 Å². The molecule has 0 aromatic heterocycles. The van der Waals surface area contributed by atoms with Crippen molar-refractivity contribution in [3.05, 3.63) is 24.0 Å². The van der Waals surface area contributed by atoms with Crippen LogP contribution < -0.4 is 10.5 Å². The Kier molecular flexibility index (Phi) is 4.07. The van der Waals surface area contributed by atoms with E-state index in [2.05, 4.69) is 5.32 Å². The van der Waals surface area contributed by atoms with Crippen LogP contribution in [0.3, 0.4) is 0 Å². The number of halogens is 1. The molecule has 106 valence electrons. The Morgan fingerprint density at radius 3 is 2.42 bits per heavy atom. The van der Waals surface area contributed by atoms with Crippen LogP contribution in [-0.4, -0.2) is 25.7 Å². The van der Waals surface area contributed by atoms with Crippen LogP contribution in [0.1, 0.15) is 25.7 Å². The molecule has 5 nitrogen and oxygen atoms in total. The molecule has 1 saturated carbocycles. The van der Waals surface area contributed by atoms with E-state index in [0.29, 0.717) is 12.8 Å². The Labute approximate surface area is 111 Å². The van der Waals surface area contributed by atoms with E-state index in [4.69, 9.17) is 5.14 Å². The van der Waals surface area contributed by atoms with Crippen LogP contribution in [0.2, 0.25) is 0 Å². The van der Waals surface area contributed by atoms with Gasteiger partial charge in [0.25, 0.3) is 0 Å². The Bertz CT molecular complexity index is 554. The van der Waals surface area contributed by atoms with Crippen molar-refractivity contribution in [3.63, 3.8) is 0 Å². The average molecular weight is 288 g/mol. The number of benzene rings is 1. The maximum absolute atomic E-state index is 13.8. The van der Waals surface area contributed by atoms with Gasteiger partial charge in [0.15, 0.2) is 0 Å². The molecular formula is C12H17FN2O3S. The molecule has 0 bridgehead atoms. The molecule has 1 aliphatic carbocycles. The minimum Gasteiger partial charge on any atom is -0.393 e. The number of rotatable bonds is 3. The second-order valence-electron chi connectivity index (χ2n) is 4.84. The molecule has 19 heavy (non-hydrogen) atoms. The molecule has 0 radical (unpaired) electrons.